The molecule has 7 nitrogen and oxygen atoms in total. The van der Waals surface area contributed by atoms with Gasteiger partial charge in [0, 0.05) is 37.4 Å². The van der Waals surface area contributed by atoms with Crippen LogP contribution in [0.1, 0.15) is 40.7 Å². The molecule has 0 bridgehead atoms. The van der Waals surface area contributed by atoms with Crippen molar-refractivity contribution in [2.24, 2.45) is 5.92 Å². The Bertz CT molecular complexity index is 1090. The molecule has 2 saturated heterocycles. The summed E-state index contributed by atoms with van der Waals surface area (Å²) in [5.41, 5.74) is 2.61. The first kappa shape index (κ1) is 24.7. The first-order valence-corrected chi connectivity index (χ1v) is 13.6. The highest BCUT2D eigenvalue weighted by Crippen LogP contribution is 2.24. The van der Waals surface area contributed by atoms with E-state index in [0.29, 0.717) is 22.7 Å². The Balaban J connectivity index is 1.30. The summed E-state index contributed by atoms with van der Waals surface area (Å²) in [6, 6.07) is 12.1. The van der Waals surface area contributed by atoms with Crippen LogP contribution in [0.5, 0.6) is 0 Å². The van der Waals surface area contributed by atoms with Crippen molar-refractivity contribution >= 4 is 21.6 Å². The van der Waals surface area contributed by atoms with Crippen LogP contribution in [-0.4, -0.2) is 70.1 Å². The molecule has 0 aromatic heterocycles. The van der Waals surface area contributed by atoms with Crippen molar-refractivity contribution in [3.05, 3.63) is 59.2 Å². The van der Waals surface area contributed by atoms with E-state index in [0.717, 1.165) is 64.3 Å². The van der Waals surface area contributed by atoms with Gasteiger partial charge in [0.15, 0.2) is 0 Å². The molecule has 0 atom stereocenters. The Morgan fingerprint density at radius 1 is 1.00 bits per heavy atom. The van der Waals surface area contributed by atoms with E-state index in [1.165, 1.54) is 6.42 Å². The number of ether oxygens (including phenoxy) is 1. The summed E-state index contributed by atoms with van der Waals surface area (Å²) >= 11 is 0. The smallest absolute Gasteiger partial charge is 0.262 e. The Kier molecular flexibility index (Phi) is 7.91. The summed E-state index contributed by atoms with van der Waals surface area (Å²) in [7, 11) is -3.70. The molecule has 0 saturated carbocycles. The number of hydrogen-bond donors (Lipinski definition) is 1. The molecule has 0 aliphatic carbocycles. The van der Waals surface area contributed by atoms with Crippen LogP contribution >= 0.6 is 0 Å². The molecule has 0 unspecified atom stereocenters. The van der Waals surface area contributed by atoms with Crippen molar-refractivity contribution in [2.45, 2.75) is 38.0 Å². The number of rotatable bonds is 7. The zero-order valence-corrected chi connectivity index (χ0v) is 20.9. The van der Waals surface area contributed by atoms with Gasteiger partial charge in [-0.15, -0.1) is 0 Å². The summed E-state index contributed by atoms with van der Waals surface area (Å²) in [6.07, 6.45) is 3.24. The van der Waals surface area contributed by atoms with Gasteiger partial charge in [-0.05, 0) is 87.0 Å². The van der Waals surface area contributed by atoms with Crippen LogP contribution in [0.4, 0.5) is 5.69 Å². The van der Waals surface area contributed by atoms with Crippen LogP contribution in [0.15, 0.2) is 47.4 Å². The molecular formula is C26H35N3O4S. The normalized spacial score (nSPS) is 18.1. The lowest BCUT2D eigenvalue weighted by Crippen LogP contribution is -2.40. The number of amides is 1. The number of aryl methyl sites for hydroxylation is 2. The SMILES string of the molecule is Cc1ccc(C)c(S(=O)(=O)Nc2ccc(C(=O)N3CCC(CCN4CCOCC4)CC3)cc2)c1. The second kappa shape index (κ2) is 10.9. The lowest BCUT2D eigenvalue weighted by molar-refractivity contribution is 0.0332. The maximum absolute atomic E-state index is 13.0. The number of carbonyl (C=O) groups is 1. The number of piperidine rings is 1. The van der Waals surface area contributed by atoms with Gasteiger partial charge < -0.3 is 9.64 Å². The quantitative estimate of drug-likeness (QED) is 0.647. The highest BCUT2D eigenvalue weighted by molar-refractivity contribution is 7.92. The minimum atomic E-state index is -3.70. The van der Waals surface area contributed by atoms with Crippen LogP contribution in [0.2, 0.25) is 0 Å². The maximum atomic E-state index is 13.0. The molecule has 2 aromatic rings. The van der Waals surface area contributed by atoms with Crippen LogP contribution < -0.4 is 4.72 Å². The molecule has 34 heavy (non-hydrogen) atoms. The Labute approximate surface area is 203 Å². The number of carbonyl (C=O) groups excluding carboxylic acids is 1. The third-order valence-electron chi connectivity index (χ3n) is 6.88. The molecule has 2 aliphatic rings. The number of nitrogens with zero attached hydrogens (tertiary/aromatic N) is 2. The molecule has 2 heterocycles. The highest BCUT2D eigenvalue weighted by atomic mass is 32.2. The van der Waals surface area contributed by atoms with E-state index in [1.807, 2.05) is 17.9 Å². The molecule has 0 radical (unpaired) electrons. The van der Waals surface area contributed by atoms with Gasteiger partial charge >= 0.3 is 0 Å². The standard InChI is InChI=1S/C26H35N3O4S/c1-20-3-4-21(2)25(19-20)34(31,32)27-24-7-5-23(6-8-24)26(30)29-13-10-22(11-14-29)9-12-28-15-17-33-18-16-28/h3-8,19,22,27H,9-18H2,1-2H3. The zero-order chi connectivity index (χ0) is 24.1. The number of morpholine rings is 1. The van der Waals surface area contributed by atoms with Gasteiger partial charge in [0.25, 0.3) is 15.9 Å². The summed E-state index contributed by atoms with van der Waals surface area (Å²) in [5.74, 6) is 0.671. The Hall–Kier alpha value is -2.42. The van der Waals surface area contributed by atoms with E-state index in [9.17, 15) is 13.2 Å². The van der Waals surface area contributed by atoms with E-state index in [4.69, 9.17) is 4.74 Å². The zero-order valence-electron chi connectivity index (χ0n) is 20.1. The molecule has 2 fully saturated rings. The topological polar surface area (TPSA) is 79.0 Å². The molecule has 2 aromatic carbocycles. The van der Waals surface area contributed by atoms with Gasteiger partial charge in [0.05, 0.1) is 18.1 Å². The average Bonchev–Trinajstić information content (AvgIpc) is 2.85. The molecule has 4 rings (SSSR count). The minimum absolute atomic E-state index is 0.00978. The average molecular weight is 486 g/mol. The molecule has 2 aliphatic heterocycles. The van der Waals surface area contributed by atoms with Crippen molar-refractivity contribution in [3.8, 4) is 0 Å². The van der Waals surface area contributed by atoms with Crippen molar-refractivity contribution in [1.29, 1.82) is 0 Å². The molecular weight excluding hydrogens is 450 g/mol. The van der Waals surface area contributed by atoms with E-state index < -0.39 is 10.0 Å². The number of sulfonamides is 1. The fraction of sp³-hybridized carbons (Fsp3) is 0.500. The van der Waals surface area contributed by atoms with E-state index >= 15 is 0 Å². The minimum Gasteiger partial charge on any atom is -0.379 e. The van der Waals surface area contributed by atoms with Gasteiger partial charge in [-0.1, -0.05) is 12.1 Å². The fourth-order valence-corrected chi connectivity index (χ4v) is 6.07. The summed E-state index contributed by atoms with van der Waals surface area (Å²) < 4.78 is 33.7. The predicted octanol–water partition coefficient (Wildman–Crippen LogP) is 3.68. The van der Waals surface area contributed by atoms with Gasteiger partial charge in [-0.2, -0.15) is 0 Å². The number of likely N-dealkylation sites (tertiary alicyclic amines) is 1. The van der Waals surface area contributed by atoms with Crippen LogP contribution in [-0.2, 0) is 14.8 Å². The highest BCUT2D eigenvalue weighted by Gasteiger charge is 2.24. The number of anilines is 1. The molecule has 0 spiro atoms. The summed E-state index contributed by atoms with van der Waals surface area (Å²) in [4.78, 5) is 17.6. The lowest BCUT2D eigenvalue weighted by Gasteiger charge is -2.34. The molecule has 184 valence electrons. The predicted molar refractivity (Wildman–Crippen MR) is 134 cm³/mol. The lowest BCUT2D eigenvalue weighted by atomic mass is 9.93. The van der Waals surface area contributed by atoms with Crippen LogP contribution in [0, 0.1) is 19.8 Å². The van der Waals surface area contributed by atoms with Gasteiger partial charge in [0.1, 0.15) is 0 Å². The molecule has 1 N–H and O–H groups in total. The van der Waals surface area contributed by atoms with Gasteiger partial charge in [-0.3, -0.25) is 14.4 Å². The van der Waals surface area contributed by atoms with Crippen molar-refractivity contribution in [1.82, 2.24) is 9.80 Å². The van der Waals surface area contributed by atoms with Crippen molar-refractivity contribution < 1.29 is 17.9 Å². The van der Waals surface area contributed by atoms with Crippen LogP contribution in [0.3, 0.4) is 0 Å². The summed E-state index contributed by atoms with van der Waals surface area (Å²) in [5, 5.41) is 0. The first-order valence-electron chi connectivity index (χ1n) is 12.1. The third-order valence-corrected chi connectivity index (χ3v) is 8.40. The Morgan fingerprint density at radius 2 is 1.68 bits per heavy atom. The van der Waals surface area contributed by atoms with Crippen molar-refractivity contribution in [2.75, 3.05) is 50.7 Å². The molecule has 1 amide bonds. The molecule has 8 heteroatoms. The van der Waals surface area contributed by atoms with E-state index in [2.05, 4.69) is 9.62 Å². The fourth-order valence-electron chi connectivity index (χ4n) is 4.69. The third kappa shape index (κ3) is 6.17. The van der Waals surface area contributed by atoms with Gasteiger partial charge in [0.2, 0.25) is 0 Å². The maximum Gasteiger partial charge on any atom is 0.262 e. The first-order chi connectivity index (χ1) is 16.3. The van der Waals surface area contributed by atoms with Crippen molar-refractivity contribution in [3.63, 3.8) is 0 Å². The number of hydrogen-bond acceptors (Lipinski definition) is 5. The van der Waals surface area contributed by atoms with Crippen LogP contribution in [0.25, 0.3) is 0 Å². The second-order valence-electron chi connectivity index (χ2n) is 9.43. The summed E-state index contributed by atoms with van der Waals surface area (Å²) in [6.45, 7) is 10.0. The van der Waals surface area contributed by atoms with Gasteiger partial charge in [-0.25, -0.2) is 8.42 Å². The van der Waals surface area contributed by atoms with E-state index in [-0.39, 0.29) is 10.8 Å². The second-order valence-corrected chi connectivity index (χ2v) is 11.1. The Morgan fingerprint density at radius 3 is 2.35 bits per heavy atom. The number of benzene rings is 2. The largest absolute Gasteiger partial charge is 0.379 e. The number of nitrogens with one attached hydrogen (secondary N) is 1. The van der Waals surface area contributed by atoms with E-state index in [1.54, 1.807) is 43.3 Å². The monoisotopic (exact) mass is 485 g/mol.